The minimum Gasteiger partial charge on any atom is -0.493 e. The number of benzene rings is 2. The lowest BCUT2D eigenvalue weighted by molar-refractivity contribution is 0.0978. The molecule has 0 N–H and O–H groups in total. The van der Waals surface area contributed by atoms with Gasteiger partial charge in [0.15, 0.2) is 16.6 Å². The Hall–Kier alpha value is -2.77. The van der Waals surface area contributed by atoms with Gasteiger partial charge in [0, 0.05) is 51.0 Å². The van der Waals surface area contributed by atoms with Crippen molar-refractivity contribution >= 4 is 42.6 Å². The van der Waals surface area contributed by atoms with Gasteiger partial charge in [-0.05, 0) is 50.2 Å². The van der Waals surface area contributed by atoms with Crippen molar-refractivity contribution in [1.29, 1.82) is 0 Å². The lowest BCUT2D eigenvalue weighted by atomic mass is 10.2. The quantitative estimate of drug-likeness (QED) is 0.293. The summed E-state index contributed by atoms with van der Waals surface area (Å²) in [6.07, 6.45) is 1.70. The highest BCUT2D eigenvalue weighted by Gasteiger charge is 2.27. The molecule has 4 rings (SSSR count). The summed E-state index contributed by atoms with van der Waals surface area (Å²) in [4.78, 5) is 22.6. The molecule has 1 saturated heterocycles. The van der Waals surface area contributed by atoms with E-state index < -0.39 is 10.0 Å². The van der Waals surface area contributed by atoms with E-state index in [-0.39, 0.29) is 16.9 Å². The number of hydrogen-bond donors (Lipinski definition) is 0. The fraction of sp³-hybridized carbons (Fsp3) is 0.500. The predicted octanol–water partition coefficient (Wildman–Crippen LogP) is 4.10. The number of amides is 1. The summed E-state index contributed by atoms with van der Waals surface area (Å²) in [6.45, 7) is 7.95. The summed E-state index contributed by atoms with van der Waals surface area (Å²) >= 11 is 1.40. The zero-order valence-corrected chi connectivity index (χ0v) is 25.4. The first-order valence-electron chi connectivity index (χ1n) is 13.5. The highest BCUT2D eigenvalue weighted by Crippen LogP contribution is 2.37. The van der Waals surface area contributed by atoms with Gasteiger partial charge in [0.2, 0.25) is 10.0 Å². The second kappa shape index (κ2) is 13.3. The maximum Gasteiger partial charge on any atom is 0.260 e. The number of likely N-dealkylation sites (N-methyl/N-ethyl adjacent to an activating group) is 2. The van der Waals surface area contributed by atoms with E-state index in [4.69, 9.17) is 19.2 Å². The number of thiazole rings is 1. The first-order valence-corrected chi connectivity index (χ1v) is 15.7. The predicted molar refractivity (Wildman–Crippen MR) is 157 cm³/mol. The maximum atomic E-state index is 13.8. The van der Waals surface area contributed by atoms with Crippen molar-refractivity contribution in [2.24, 2.45) is 0 Å². The van der Waals surface area contributed by atoms with Gasteiger partial charge in [0.05, 0.1) is 35.4 Å². The Morgan fingerprint density at radius 2 is 1.75 bits per heavy atom. The summed E-state index contributed by atoms with van der Waals surface area (Å²) in [6, 6.07) is 9.78. The Morgan fingerprint density at radius 1 is 1.07 bits per heavy atom. The summed E-state index contributed by atoms with van der Waals surface area (Å²) in [5.41, 5.74) is 1.09. The van der Waals surface area contributed by atoms with E-state index in [0.29, 0.717) is 54.0 Å². The molecule has 12 heteroatoms. The minimum absolute atomic E-state index is 0.0891. The van der Waals surface area contributed by atoms with Crippen molar-refractivity contribution in [3.8, 4) is 11.5 Å². The molecule has 0 bridgehead atoms. The van der Waals surface area contributed by atoms with Gasteiger partial charge in [-0.15, -0.1) is 0 Å². The van der Waals surface area contributed by atoms with Crippen molar-refractivity contribution in [2.75, 3.05) is 65.5 Å². The molecule has 0 saturated carbocycles. The zero-order valence-electron chi connectivity index (χ0n) is 23.8. The molecule has 0 spiro atoms. The van der Waals surface area contributed by atoms with Gasteiger partial charge in [-0.25, -0.2) is 13.4 Å². The van der Waals surface area contributed by atoms with Crippen molar-refractivity contribution in [3.63, 3.8) is 0 Å². The smallest absolute Gasteiger partial charge is 0.260 e. The number of carbonyl (C=O) groups is 1. The first-order chi connectivity index (χ1) is 19.2. The molecule has 1 aliphatic rings. The molecule has 10 nitrogen and oxygen atoms in total. The number of nitrogens with zero attached hydrogens (tertiary/aromatic N) is 4. The van der Waals surface area contributed by atoms with E-state index in [0.717, 1.165) is 30.6 Å². The van der Waals surface area contributed by atoms with Crippen molar-refractivity contribution < 1.29 is 27.4 Å². The fourth-order valence-electron chi connectivity index (χ4n) is 4.70. The lowest BCUT2D eigenvalue weighted by Gasteiger charge is -2.25. The van der Waals surface area contributed by atoms with E-state index in [9.17, 15) is 13.2 Å². The Labute approximate surface area is 240 Å². The Balaban J connectivity index is 1.61. The van der Waals surface area contributed by atoms with Crippen LogP contribution in [-0.2, 0) is 14.8 Å². The molecular weight excluding hydrogens is 552 g/mol. The van der Waals surface area contributed by atoms with Crippen LogP contribution in [0.2, 0.25) is 0 Å². The van der Waals surface area contributed by atoms with Gasteiger partial charge < -0.3 is 19.1 Å². The molecule has 218 valence electrons. The highest BCUT2D eigenvalue weighted by molar-refractivity contribution is 7.89. The third-order valence-electron chi connectivity index (χ3n) is 7.19. The highest BCUT2D eigenvalue weighted by atomic mass is 32.2. The topological polar surface area (TPSA) is 102 Å². The van der Waals surface area contributed by atoms with Crippen LogP contribution in [0.3, 0.4) is 0 Å². The standard InChI is InChI=1S/C28H38N4O6S2/c1-6-31(7-2)14-15-32(28-29-23-17-24(36-4)25(37-5)18-26(23)39-28)27(33)20-10-12-22(13-11-20)40(34,35)30(3)19-21-9-8-16-38-21/h10-13,17-18,21H,6-9,14-16,19H2,1-5H3. The lowest BCUT2D eigenvalue weighted by Crippen LogP contribution is -2.39. The molecule has 1 unspecified atom stereocenters. The Kier molecular flexibility index (Phi) is 10.0. The number of sulfonamides is 1. The SMILES string of the molecule is CCN(CC)CCN(C(=O)c1ccc(S(=O)(=O)N(C)CC2CCCO2)cc1)c1nc2cc(OC)c(OC)cc2s1. The summed E-state index contributed by atoms with van der Waals surface area (Å²) in [7, 11) is 0.995. The van der Waals surface area contributed by atoms with E-state index in [1.165, 1.54) is 27.8 Å². The number of carbonyl (C=O) groups excluding carboxylic acids is 1. The molecule has 3 aromatic rings. The molecule has 2 aromatic carbocycles. The van der Waals surface area contributed by atoms with E-state index >= 15 is 0 Å². The number of ether oxygens (including phenoxy) is 3. The minimum atomic E-state index is -3.71. The van der Waals surface area contributed by atoms with Gasteiger partial charge in [0.1, 0.15) is 0 Å². The average molecular weight is 591 g/mol. The first kappa shape index (κ1) is 30.2. The normalized spacial score (nSPS) is 15.7. The molecule has 1 amide bonds. The van der Waals surface area contributed by atoms with E-state index in [2.05, 4.69) is 18.7 Å². The number of fused-ring (bicyclic) bond motifs is 1. The number of anilines is 1. The zero-order chi connectivity index (χ0) is 28.9. The molecule has 2 heterocycles. The van der Waals surface area contributed by atoms with Gasteiger partial charge >= 0.3 is 0 Å². The summed E-state index contributed by atoms with van der Waals surface area (Å²) in [5.74, 6) is 0.906. The average Bonchev–Trinajstić information content (AvgIpc) is 3.63. The number of aromatic nitrogens is 1. The van der Waals surface area contributed by atoms with Crippen molar-refractivity contribution in [1.82, 2.24) is 14.2 Å². The van der Waals surface area contributed by atoms with Crippen LogP contribution in [0.25, 0.3) is 10.2 Å². The monoisotopic (exact) mass is 590 g/mol. The Morgan fingerprint density at radius 3 is 2.35 bits per heavy atom. The van der Waals surface area contributed by atoms with Crippen LogP contribution in [0.15, 0.2) is 41.3 Å². The second-order valence-electron chi connectivity index (χ2n) is 9.60. The van der Waals surface area contributed by atoms with Crippen LogP contribution in [-0.4, -0.2) is 95.2 Å². The third kappa shape index (κ3) is 6.58. The van der Waals surface area contributed by atoms with E-state index in [1.807, 2.05) is 6.07 Å². The summed E-state index contributed by atoms with van der Waals surface area (Å²) in [5, 5.41) is 0.551. The van der Waals surface area contributed by atoms with Crippen molar-refractivity contribution in [2.45, 2.75) is 37.7 Å². The molecule has 1 fully saturated rings. The second-order valence-corrected chi connectivity index (χ2v) is 12.7. The van der Waals surface area contributed by atoms with Crippen LogP contribution >= 0.6 is 11.3 Å². The molecule has 1 atom stereocenters. The van der Waals surface area contributed by atoms with E-state index in [1.54, 1.807) is 44.4 Å². The molecule has 40 heavy (non-hydrogen) atoms. The number of rotatable bonds is 13. The molecule has 1 aromatic heterocycles. The van der Waals surface area contributed by atoms with Gasteiger partial charge in [0.25, 0.3) is 5.91 Å². The van der Waals surface area contributed by atoms with Crippen molar-refractivity contribution in [3.05, 3.63) is 42.0 Å². The largest absolute Gasteiger partial charge is 0.493 e. The van der Waals surface area contributed by atoms with Crippen LogP contribution in [0.4, 0.5) is 5.13 Å². The van der Waals surface area contributed by atoms with Gasteiger partial charge in [-0.2, -0.15) is 4.31 Å². The van der Waals surface area contributed by atoms with Crippen LogP contribution in [0.1, 0.15) is 37.0 Å². The van der Waals surface area contributed by atoms with Gasteiger partial charge in [-0.3, -0.25) is 9.69 Å². The number of methoxy groups -OCH3 is 2. The molecule has 0 aliphatic carbocycles. The van der Waals surface area contributed by atoms with Crippen LogP contribution in [0.5, 0.6) is 11.5 Å². The number of hydrogen-bond acceptors (Lipinski definition) is 9. The maximum absolute atomic E-state index is 13.8. The Bertz CT molecular complexity index is 1360. The van der Waals surface area contributed by atoms with Gasteiger partial charge in [-0.1, -0.05) is 25.2 Å². The molecule has 0 radical (unpaired) electrons. The van der Waals surface area contributed by atoms with Crippen LogP contribution < -0.4 is 14.4 Å². The summed E-state index contributed by atoms with van der Waals surface area (Å²) < 4.78 is 44.9. The molecular formula is C28H38N4O6S2. The fourth-order valence-corrected chi connectivity index (χ4v) is 6.90. The third-order valence-corrected chi connectivity index (χ3v) is 10.1. The molecule has 1 aliphatic heterocycles. The van der Waals surface area contributed by atoms with Crippen LogP contribution in [0, 0.1) is 0 Å².